The highest BCUT2D eigenvalue weighted by molar-refractivity contribution is 9.09. The van der Waals surface area contributed by atoms with E-state index in [1.54, 1.807) is 0 Å². The Morgan fingerprint density at radius 1 is 1.43 bits per heavy atom. The van der Waals surface area contributed by atoms with Crippen LogP contribution in [0, 0.1) is 11.6 Å². The Morgan fingerprint density at radius 3 is 2.57 bits per heavy atom. The molecular weight excluding hydrogens is 258 g/mol. The molecule has 1 rings (SSSR count). The summed E-state index contributed by atoms with van der Waals surface area (Å²) in [5, 5.41) is 9.09. The molecule has 0 aliphatic heterocycles. The maximum Gasteiger partial charge on any atom is 0.336 e. The molecule has 0 aliphatic carbocycles. The average molecular weight is 265 g/mol. The fourth-order valence-corrected chi connectivity index (χ4v) is 1.53. The van der Waals surface area contributed by atoms with Crippen LogP contribution < -0.4 is 0 Å². The zero-order valence-corrected chi connectivity index (χ0v) is 8.64. The van der Waals surface area contributed by atoms with Crippen LogP contribution in [0.2, 0.25) is 0 Å². The molecule has 14 heavy (non-hydrogen) atoms. The minimum atomic E-state index is -1.25. The molecule has 2 nitrogen and oxygen atoms in total. The van der Waals surface area contributed by atoms with Gasteiger partial charge >= 0.3 is 5.97 Å². The van der Waals surface area contributed by atoms with Crippen molar-refractivity contribution in [2.24, 2.45) is 0 Å². The predicted molar refractivity (Wildman–Crippen MR) is 50.8 cm³/mol. The fourth-order valence-electron chi connectivity index (χ4n) is 1.13. The highest BCUT2D eigenvalue weighted by Crippen LogP contribution is 2.18. The number of carbonyl (C=O) groups is 1. The Kier molecular flexibility index (Phi) is 3.57. The summed E-state index contributed by atoms with van der Waals surface area (Å²) in [6.45, 7) is 0. The number of alkyl halides is 1. The monoisotopic (exact) mass is 264 g/mol. The van der Waals surface area contributed by atoms with Gasteiger partial charge in [-0.25, -0.2) is 13.6 Å². The van der Waals surface area contributed by atoms with Crippen molar-refractivity contribution in [3.8, 4) is 0 Å². The standard InChI is InChI=1S/C9H7BrF2O2/c10-4-3-5-6(9(13)14)1-2-7(11)8(5)12/h1-2H,3-4H2,(H,13,14). The summed E-state index contributed by atoms with van der Waals surface area (Å²) >= 11 is 3.05. The first kappa shape index (κ1) is 11.1. The number of carboxylic acids is 1. The van der Waals surface area contributed by atoms with Gasteiger partial charge in [0.25, 0.3) is 0 Å². The second-order valence-electron chi connectivity index (χ2n) is 2.63. The molecule has 5 heteroatoms. The van der Waals surface area contributed by atoms with Gasteiger partial charge in [-0.1, -0.05) is 15.9 Å². The smallest absolute Gasteiger partial charge is 0.336 e. The third-order valence-corrected chi connectivity index (χ3v) is 2.17. The number of rotatable bonds is 3. The van der Waals surface area contributed by atoms with Gasteiger partial charge in [0.15, 0.2) is 11.6 Å². The lowest BCUT2D eigenvalue weighted by Crippen LogP contribution is -2.07. The Hall–Kier alpha value is -0.970. The molecule has 1 N–H and O–H groups in total. The van der Waals surface area contributed by atoms with E-state index in [0.29, 0.717) is 5.33 Å². The van der Waals surface area contributed by atoms with Crippen LogP contribution in [0.15, 0.2) is 12.1 Å². The van der Waals surface area contributed by atoms with Crippen LogP contribution >= 0.6 is 15.9 Å². The Balaban J connectivity index is 3.29. The van der Waals surface area contributed by atoms with E-state index >= 15 is 0 Å². The lowest BCUT2D eigenvalue weighted by Gasteiger charge is -2.05. The van der Waals surface area contributed by atoms with Crippen molar-refractivity contribution in [1.29, 1.82) is 0 Å². The van der Waals surface area contributed by atoms with Crippen LogP contribution in [0.3, 0.4) is 0 Å². The first-order valence-corrected chi connectivity index (χ1v) is 4.96. The van der Waals surface area contributed by atoms with Gasteiger partial charge in [0.1, 0.15) is 0 Å². The molecular formula is C9H7BrF2O2. The number of halogens is 3. The Morgan fingerprint density at radius 2 is 2.07 bits per heavy atom. The molecule has 0 aromatic heterocycles. The van der Waals surface area contributed by atoms with Gasteiger partial charge < -0.3 is 5.11 Å². The third-order valence-electron chi connectivity index (χ3n) is 1.77. The van der Waals surface area contributed by atoms with Crippen molar-refractivity contribution in [3.63, 3.8) is 0 Å². The first-order chi connectivity index (χ1) is 6.57. The SMILES string of the molecule is O=C(O)c1ccc(F)c(F)c1CCBr. The van der Waals surface area contributed by atoms with Gasteiger partial charge in [-0.15, -0.1) is 0 Å². The van der Waals surface area contributed by atoms with Gasteiger partial charge in [0, 0.05) is 10.9 Å². The molecule has 0 atom stereocenters. The molecule has 0 fully saturated rings. The molecule has 0 aliphatic rings. The van der Waals surface area contributed by atoms with Crippen LogP contribution in [-0.2, 0) is 6.42 Å². The van der Waals surface area contributed by atoms with Gasteiger partial charge in [-0.2, -0.15) is 0 Å². The van der Waals surface area contributed by atoms with Crippen molar-refractivity contribution in [2.75, 3.05) is 5.33 Å². The number of hydrogen-bond acceptors (Lipinski definition) is 1. The molecule has 1 aromatic carbocycles. The molecule has 76 valence electrons. The molecule has 0 spiro atoms. The molecule has 0 radical (unpaired) electrons. The minimum absolute atomic E-state index is 0.102. The Bertz CT molecular complexity index is 366. The van der Waals surface area contributed by atoms with E-state index in [4.69, 9.17) is 5.11 Å². The quantitative estimate of drug-likeness (QED) is 0.853. The van der Waals surface area contributed by atoms with Crippen LogP contribution in [0.5, 0.6) is 0 Å². The first-order valence-electron chi connectivity index (χ1n) is 3.84. The molecule has 0 unspecified atom stereocenters. The van der Waals surface area contributed by atoms with Crippen molar-refractivity contribution >= 4 is 21.9 Å². The maximum atomic E-state index is 13.2. The normalized spacial score (nSPS) is 10.2. The average Bonchev–Trinajstić information content (AvgIpc) is 2.13. The van der Waals surface area contributed by atoms with Crippen LogP contribution in [0.4, 0.5) is 8.78 Å². The number of hydrogen-bond donors (Lipinski definition) is 1. The van der Waals surface area contributed by atoms with E-state index in [2.05, 4.69) is 15.9 Å². The second kappa shape index (κ2) is 4.50. The highest BCUT2D eigenvalue weighted by Gasteiger charge is 2.16. The van der Waals surface area contributed by atoms with E-state index in [9.17, 15) is 13.6 Å². The van der Waals surface area contributed by atoms with Gasteiger partial charge in [-0.3, -0.25) is 0 Å². The number of benzene rings is 1. The summed E-state index contributed by atoms with van der Waals surface area (Å²) in [6.07, 6.45) is 0.144. The maximum absolute atomic E-state index is 13.2. The summed E-state index contributed by atoms with van der Waals surface area (Å²) in [6, 6.07) is 1.88. The topological polar surface area (TPSA) is 37.3 Å². The van der Waals surface area contributed by atoms with Crippen molar-refractivity contribution in [3.05, 3.63) is 34.9 Å². The highest BCUT2D eigenvalue weighted by atomic mass is 79.9. The lowest BCUT2D eigenvalue weighted by molar-refractivity contribution is 0.0695. The van der Waals surface area contributed by atoms with Crippen LogP contribution in [0.1, 0.15) is 15.9 Å². The molecule has 0 heterocycles. The zero-order chi connectivity index (χ0) is 10.7. The zero-order valence-electron chi connectivity index (χ0n) is 7.06. The summed E-state index contributed by atoms with van der Waals surface area (Å²) in [4.78, 5) is 10.7. The second-order valence-corrected chi connectivity index (χ2v) is 3.42. The fraction of sp³-hybridized carbons (Fsp3) is 0.222. The van der Waals surface area contributed by atoms with E-state index in [1.807, 2.05) is 0 Å². The van der Waals surface area contributed by atoms with Gasteiger partial charge in [-0.05, 0) is 18.6 Å². The molecule has 1 aromatic rings. The molecule has 0 bridgehead atoms. The molecule has 0 saturated heterocycles. The number of carboxylic acid groups (broad SMARTS) is 1. The summed E-state index contributed by atoms with van der Waals surface area (Å²) < 4.78 is 25.9. The molecule has 0 amide bonds. The van der Waals surface area contributed by atoms with E-state index in [-0.39, 0.29) is 17.5 Å². The summed E-state index contributed by atoms with van der Waals surface area (Å²) in [5.74, 6) is -3.35. The molecule has 0 saturated carbocycles. The van der Waals surface area contributed by atoms with Crippen LogP contribution in [-0.4, -0.2) is 16.4 Å². The summed E-state index contributed by atoms with van der Waals surface area (Å²) in [5.41, 5.74) is -0.294. The number of aromatic carboxylic acids is 1. The summed E-state index contributed by atoms with van der Waals surface area (Å²) in [7, 11) is 0. The predicted octanol–water partition coefficient (Wildman–Crippen LogP) is 2.60. The lowest BCUT2D eigenvalue weighted by atomic mass is 10.0. The largest absolute Gasteiger partial charge is 0.478 e. The van der Waals surface area contributed by atoms with Crippen molar-refractivity contribution < 1.29 is 18.7 Å². The Labute approximate surface area is 87.7 Å². The van der Waals surface area contributed by atoms with E-state index in [1.165, 1.54) is 0 Å². The minimum Gasteiger partial charge on any atom is -0.478 e. The van der Waals surface area contributed by atoms with E-state index < -0.39 is 17.6 Å². The van der Waals surface area contributed by atoms with Crippen molar-refractivity contribution in [1.82, 2.24) is 0 Å². The van der Waals surface area contributed by atoms with Crippen LogP contribution in [0.25, 0.3) is 0 Å². The van der Waals surface area contributed by atoms with Crippen molar-refractivity contribution in [2.45, 2.75) is 6.42 Å². The third kappa shape index (κ3) is 2.09. The van der Waals surface area contributed by atoms with E-state index in [0.717, 1.165) is 12.1 Å². The van der Waals surface area contributed by atoms with Gasteiger partial charge in [0.05, 0.1) is 5.56 Å². The van der Waals surface area contributed by atoms with Gasteiger partial charge in [0.2, 0.25) is 0 Å².